The first-order valence-electron chi connectivity index (χ1n) is 10.6. The van der Waals surface area contributed by atoms with Gasteiger partial charge in [-0.3, -0.25) is 9.69 Å². The Kier molecular flexibility index (Phi) is 6.07. The van der Waals surface area contributed by atoms with Gasteiger partial charge in [-0.05, 0) is 76.3 Å². The van der Waals surface area contributed by atoms with Gasteiger partial charge in [0.25, 0.3) is 5.91 Å². The summed E-state index contributed by atoms with van der Waals surface area (Å²) >= 11 is 7.08. The van der Waals surface area contributed by atoms with E-state index in [1.54, 1.807) is 44.7 Å². The largest absolute Gasteiger partial charge is 0.485 e. The predicted octanol–water partition coefficient (Wildman–Crippen LogP) is 5.12. The number of carbonyl (C=O) groups is 1. The van der Waals surface area contributed by atoms with Crippen molar-refractivity contribution in [2.24, 2.45) is 0 Å². The van der Waals surface area contributed by atoms with E-state index in [0.29, 0.717) is 17.2 Å². The van der Waals surface area contributed by atoms with Gasteiger partial charge in [-0.2, -0.15) is 18.4 Å². The number of halogens is 3. The molecule has 0 spiro atoms. The Morgan fingerprint density at radius 1 is 1.20 bits per heavy atom. The van der Waals surface area contributed by atoms with Crippen LogP contribution < -0.4 is 14.5 Å². The Balaban J connectivity index is 1.72. The van der Waals surface area contributed by atoms with E-state index in [9.17, 15) is 23.1 Å². The number of hydrogen-bond donors (Lipinski definition) is 1. The zero-order chi connectivity index (χ0) is 25.9. The zero-order valence-electron chi connectivity index (χ0n) is 19.3. The summed E-state index contributed by atoms with van der Waals surface area (Å²) in [4.78, 5) is 16.8. The highest BCUT2D eigenvalue weighted by Crippen LogP contribution is 2.44. The number of anilines is 2. The summed E-state index contributed by atoms with van der Waals surface area (Å²) < 4.78 is 46.5. The molecule has 11 heteroatoms. The van der Waals surface area contributed by atoms with Gasteiger partial charge in [-0.1, -0.05) is 0 Å². The third-order valence-electron chi connectivity index (χ3n) is 5.99. The quantitative estimate of drug-likeness (QED) is 0.562. The lowest BCUT2D eigenvalue weighted by molar-refractivity contribution is -0.137. The molecular formula is C24H22F3N3O3S2. The van der Waals surface area contributed by atoms with Crippen LogP contribution in [-0.4, -0.2) is 39.1 Å². The molecule has 35 heavy (non-hydrogen) atoms. The standard InChI is InChI=1S/C24H22F3N3O3S2/c1-22(2)20(31)29(14-6-5-13(11-28)16(9-14)24(25,26)27)21(34)30(22)15-7-8-17-18(10-15)35-12-19(33-17)23(3,4)32/h5-10,19,32H,12H2,1-4H3/t19-/m0/s1. The molecule has 2 aromatic carbocycles. The first kappa shape index (κ1) is 25.3. The Morgan fingerprint density at radius 3 is 2.46 bits per heavy atom. The minimum Gasteiger partial charge on any atom is -0.485 e. The second kappa shape index (κ2) is 8.40. The summed E-state index contributed by atoms with van der Waals surface area (Å²) in [6.07, 6.45) is -5.16. The van der Waals surface area contributed by atoms with E-state index in [1.807, 2.05) is 6.07 Å². The fourth-order valence-corrected chi connectivity index (χ4v) is 5.80. The van der Waals surface area contributed by atoms with E-state index in [2.05, 4.69) is 0 Å². The van der Waals surface area contributed by atoms with Crippen molar-refractivity contribution in [3.63, 3.8) is 0 Å². The zero-order valence-corrected chi connectivity index (χ0v) is 20.9. The number of ether oxygens (including phenoxy) is 1. The molecule has 4 rings (SSSR count). The van der Waals surface area contributed by atoms with Gasteiger partial charge >= 0.3 is 6.18 Å². The maximum atomic E-state index is 13.5. The Labute approximate surface area is 210 Å². The molecule has 1 saturated heterocycles. The van der Waals surface area contributed by atoms with Crippen molar-refractivity contribution in [3.8, 4) is 11.8 Å². The lowest BCUT2D eigenvalue weighted by atomic mass is 10.0. The van der Waals surface area contributed by atoms with Gasteiger partial charge in [0.05, 0.1) is 33.4 Å². The molecule has 6 nitrogen and oxygen atoms in total. The van der Waals surface area contributed by atoms with Crippen LogP contribution in [0.3, 0.4) is 0 Å². The summed E-state index contributed by atoms with van der Waals surface area (Å²) in [5.41, 5.74) is -3.36. The molecule has 1 fully saturated rings. The van der Waals surface area contributed by atoms with E-state index >= 15 is 0 Å². The minimum absolute atomic E-state index is 0.0221. The van der Waals surface area contributed by atoms with Gasteiger partial charge in [0.2, 0.25) is 0 Å². The molecule has 1 atom stereocenters. The fourth-order valence-electron chi connectivity index (χ4n) is 4.01. The molecule has 2 aromatic rings. The first-order valence-corrected chi connectivity index (χ1v) is 12.0. The molecule has 0 radical (unpaired) electrons. The molecule has 1 amide bonds. The van der Waals surface area contributed by atoms with E-state index in [-0.39, 0.29) is 10.8 Å². The van der Waals surface area contributed by atoms with Crippen molar-refractivity contribution in [1.82, 2.24) is 0 Å². The fraction of sp³-hybridized carbons (Fsp3) is 0.375. The van der Waals surface area contributed by atoms with Crippen molar-refractivity contribution >= 4 is 46.4 Å². The maximum Gasteiger partial charge on any atom is 0.417 e. The molecular weight excluding hydrogens is 499 g/mol. The topological polar surface area (TPSA) is 76.8 Å². The Bertz CT molecular complexity index is 1270. The van der Waals surface area contributed by atoms with Gasteiger partial charge < -0.3 is 14.7 Å². The highest BCUT2D eigenvalue weighted by molar-refractivity contribution is 7.99. The van der Waals surface area contributed by atoms with Crippen molar-refractivity contribution in [1.29, 1.82) is 5.26 Å². The van der Waals surface area contributed by atoms with E-state index in [4.69, 9.17) is 22.2 Å². The molecule has 184 valence electrons. The number of amides is 1. The van der Waals surface area contributed by atoms with Crippen molar-refractivity contribution in [2.75, 3.05) is 15.6 Å². The average Bonchev–Trinajstić information content (AvgIpc) is 2.95. The Morgan fingerprint density at radius 2 is 1.86 bits per heavy atom. The third-order valence-corrected chi connectivity index (χ3v) is 7.45. The molecule has 0 aliphatic carbocycles. The molecule has 0 saturated carbocycles. The number of aliphatic hydroxyl groups is 1. The van der Waals surface area contributed by atoms with Crippen molar-refractivity contribution < 1.29 is 27.8 Å². The van der Waals surface area contributed by atoms with Gasteiger partial charge in [-0.15, -0.1) is 11.8 Å². The van der Waals surface area contributed by atoms with Crippen LogP contribution in [0.5, 0.6) is 5.75 Å². The first-order chi connectivity index (χ1) is 16.2. The van der Waals surface area contributed by atoms with Crippen molar-refractivity contribution in [2.45, 2.75) is 56.0 Å². The minimum atomic E-state index is -4.77. The van der Waals surface area contributed by atoms with Crippen LogP contribution >= 0.6 is 24.0 Å². The van der Waals surface area contributed by atoms with Gasteiger partial charge in [-0.25, -0.2) is 0 Å². The SMILES string of the molecule is CC(C)(O)[C@@H]1CSc2cc(N3C(=S)N(c4ccc(C#N)c(C(F)(F)F)c4)C(=O)C3(C)C)ccc2O1. The number of fused-ring (bicyclic) bond motifs is 1. The van der Waals surface area contributed by atoms with Gasteiger partial charge in [0.1, 0.15) is 17.4 Å². The normalized spacial score (nSPS) is 19.9. The van der Waals surface area contributed by atoms with Crippen LogP contribution in [0.4, 0.5) is 24.5 Å². The molecule has 2 aliphatic heterocycles. The monoisotopic (exact) mass is 521 g/mol. The third kappa shape index (κ3) is 4.35. The van der Waals surface area contributed by atoms with Crippen LogP contribution in [0.25, 0.3) is 0 Å². The molecule has 2 aliphatic rings. The average molecular weight is 522 g/mol. The molecule has 2 heterocycles. The molecule has 0 bridgehead atoms. The van der Waals surface area contributed by atoms with Crippen LogP contribution in [-0.2, 0) is 11.0 Å². The van der Waals surface area contributed by atoms with E-state index in [1.165, 1.54) is 23.9 Å². The lowest BCUT2D eigenvalue weighted by Gasteiger charge is -2.35. The number of thioether (sulfide) groups is 1. The van der Waals surface area contributed by atoms with Crippen LogP contribution in [0.15, 0.2) is 41.3 Å². The van der Waals surface area contributed by atoms with Crippen LogP contribution in [0.1, 0.15) is 38.8 Å². The molecule has 0 aromatic heterocycles. The highest BCUT2D eigenvalue weighted by Gasteiger charge is 2.51. The number of hydrogen-bond acceptors (Lipinski definition) is 6. The number of thiocarbonyl (C=S) groups is 1. The lowest BCUT2D eigenvalue weighted by Crippen LogP contribution is -2.45. The summed E-state index contributed by atoms with van der Waals surface area (Å²) in [6.45, 7) is 6.64. The number of nitriles is 1. The predicted molar refractivity (Wildman–Crippen MR) is 131 cm³/mol. The van der Waals surface area contributed by atoms with Crippen molar-refractivity contribution in [3.05, 3.63) is 47.5 Å². The van der Waals surface area contributed by atoms with Crippen LogP contribution in [0.2, 0.25) is 0 Å². The smallest absolute Gasteiger partial charge is 0.417 e. The second-order valence-electron chi connectivity index (χ2n) is 9.36. The van der Waals surface area contributed by atoms with E-state index in [0.717, 1.165) is 21.9 Å². The molecule has 0 unspecified atom stereocenters. The number of nitrogens with zero attached hydrogens (tertiary/aromatic N) is 3. The number of benzene rings is 2. The summed E-state index contributed by atoms with van der Waals surface area (Å²) in [5.74, 6) is 0.610. The number of carbonyl (C=O) groups excluding carboxylic acids is 1. The summed E-state index contributed by atoms with van der Waals surface area (Å²) in [5, 5.41) is 19.4. The second-order valence-corrected chi connectivity index (χ2v) is 10.8. The summed E-state index contributed by atoms with van der Waals surface area (Å²) in [7, 11) is 0. The Hall–Kier alpha value is -2.81. The van der Waals surface area contributed by atoms with Gasteiger partial charge in [0, 0.05) is 11.4 Å². The maximum absolute atomic E-state index is 13.5. The van der Waals surface area contributed by atoms with Gasteiger partial charge in [0.15, 0.2) is 5.11 Å². The van der Waals surface area contributed by atoms with E-state index < -0.39 is 40.5 Å². The van der Waals surface area contributed by atoms with Crippen LogP contribution in [0, 0.1) is 11.3 Å². The highest BCUT2D eigenvalue weighted by atomic mass is 32.2. The number of rotatable bonds is 3. The summed E-state index contributed by atoms with van der Waals surface area (Å²) in [6, 6.07) is 9.89. The molecule has 1 N–H and O–H groups in total. The number of alkyl halides is 3.